The molecule has 2 fully saturated rings. The Hall–Kier alpha value is -1.26. The molecule has 5 nitrogen and oxygen atoms in total. The predicted molar refractivity (Wildman–Crippen MR) is 180 cm³/mol. The average Bonchev–Trinajstić information content (AvgIpc) is 3.18. The van der Waals surface area contributed by atoms with Gasteiger partial charge in [0.05, 0.1) is 6.10 Å². The van der Waals surface area contributed by atoms with Crippen LogP contribution in [0.5, 0.6) is 0 Å². The largest absolute Gasteiger partial charge is 0.480 e. The number of hydrogen-bond acceptors (Lipinski definition) is 4. The molecule has 0 aromatic carbocycles. The summed E-state index contributed by atoms with van der Waals surface area (Å²) in [5.41, 5.74) is 5.41. The van der Waals surface area contributed by atoms with Crippen molar-refractivity contribution in [1.82, 2.24) is 0 Å². The monoisotopic (exact) mass is 616 g/mol. The topological polar surface area (TPSA) is 65.0 Å². The van der Waals surface area contributed by atoms with E-state index in [4.69, 9.17) is 13.6 Å². The van der Waals surface area contributed by atoms with E-state index in [9.17, 15) is 9.90 Å². The molecule has 0 bridgehead atoms. The van der Waals surface area contributed by atoms with Gasteiger partial charge in [-0.2, -0.15) is 0 Å². The second-order valence-electron chi connectivity index (χ2n) is 16.3. The molecule has 0 saturated heterocycles. The fourth-order valence-electron chi connectivity index (χ4n) is 6.59. The molecule has 3 rings (SSSR count). The molecule has 2 saturated carbocycles. The summed E-state index contributed by atoms with van der Waals surface area (Å²) < 4.78 is 20.4. The van der Waals surface area contributed by atoms with Crippen molar-refractivity contribution in [2.45, 2.75) is 148 Å². The molecule has 0 amide bonds. The first-order valence-corrected chi connectivity index (χ1v) is 21.9. The molecule has 4 atom stereocenters. The molecular formula is C35H60O5Si2. The summed E-state index contributed by atoms with van der Waals surface area (Å²) in [4.78, 5) is 11.8. The lowest BCUT2D eigenvalue weighted by Gasteiger charge is -2.51. The van der Waals surface area contributed by atoms with E-state index in [1.807, 2.05) is 0 Å². The maximum absolute atomic E-state index is 11.8. The Bertz CT molecular complexity index is 1130. The molecule has 3 aliphatic rings. The number of carbonyl (C=O) groups is 1. The Labute approximate surface area is 259 Å². The molecule has 0 radical (unpaired) electrons. The summed E-state index contributed by atoms with van der Waals surface area (Å²) >= 11 is 0. The third-order valence-electron chi connectivity index (χ3n) is 11.3. The fourth-order valence-corrected chi connectivity index (χ4v) is 9.33. The van der Waals surface area contributed by atoms with Crippen LogP contribution in [0.15, 0.2) is 47.1 Å². The van der Waals surface area contributed by atoms with E-state index >= 15 is 0 Å². The van der Waals surface area contributed by atoms with Crippen molar-refractivity contribution in [3.8, 4) is 0 Å². The predicted octanol–water partition coefficient (Wildman–Crippen LogP) is 9.95. The van der Waals surface area contributed by atoms with Gasteiger partial charge < -0.3 is 18.7 Å². The van der Waals surface area contributed by atoms with E-state index in [0.717, 1.165) is 30.4 Å². The molecule has 0 aromatic heterocycles. The molecular weight excluding hydrogens is 557 g/mol. The van der Waals surface area contributed by atoms with E-state index < -0.39 is 35.0 Å². The van der Waals surface area contributed by atoms with Crippen molar-refractivity contribution >= 4 is 22.6 Å². The molecule has 7 heteroatoms. The minimum atomic E-state index is -2.35. The summed E-state index contributed by atoms with van der Waals surface area (Å²) in [6.07, 6.45) is 13.5. The SMILES string of the molecule is C=C1C(=CC=C2CCC[C@]3(C)C(CC)=CCC23)CC(OCC(=O)O)(O[Si](C)(C)C(C)(C)C)C[C@H]1O[Si](C)(C)C(C)(C)C. The van der Waals surface area contributed by atoms with Crippen molar-refractivity contribution in [2.75, 3.05) is 6.61 Å². The third kappa shape index (κ3) is 7.34. The first-order valence-electron chi connectivity index (χ1n) is 16.1. The van der Waals surface area contributed by atoms with Crippen molar-refractivity contribution in [3.05, 3.63) is 47.1 Å². The van der Waals surface area contributed by atoms with Crippen LogP contribution in [-0.4, -0.2) is 46.2 Å². The normalized spacial score (nSPS) is 31.4. The van der Waals surface area contributed by atoms with Gasteiger partial charge in [0.1, 0.15) is 6.61 Å². The lowest BCUT2D eigenvalue weighted by molar-refractivity contribution is -0.213. The molecule has 1 N–H and O–H groups in total. The summed E-state index contributed by atoms with van der Waals surface area (Å²) in [6.45, 7) is 31.2. The first-order chi connectivity index (χ1) is 19.1. The van der Waals surface area contributed by atoms with Crippen LogP contribution in [-0.2, 0) is 18.4 Å². The molecule has 2 unspecified atom stereocenters. The van der Waals surface area contributed by atoms with Gasteiger partial charge >= 0.3 is 5.97 Å². The minimum Gasteiger partial charge on any atom is -0.480 e. The van der Waals surface area contributed by atoms with Gasteiger partial charge in [-0.25, -0.2) is 4.79 Å². The van der Waals surface area contributed by atoms with Gasteiger partial charge in [0.2, 0.25) is 0 Å². The second kappa shape index (κ2) is 12.3. The quantitative estimate of drug-likeness (QED) is 0.159. The van der Waals surface area contributed by atoms with Gasteiger partial charge in [-0.3, -0.25) is 0 Å². The van der Waals surface area contributed by atoms with E-state index in [1.165, 1.54) is 18.4 Å². The lowest BCUT2D eigenvalue weighted by Crippen LogP contribution is -2.56. The zero-order valence-electron chi connectivity index (χ0n) is 28.8. The van der Waals surface area contributed by atoms with Gasteiger partial charge in [-0.1, -0.05) is 91.3 Å². The van der Waals surface area contributed by atoms with Crippen LogP contribution in [0.2, 0.25) is 36.3 Å². The van der Waals surface area contributed by atoms with Gasteiger partial charge in [0, 0.05) is 12.8 Å². The van der Waals surface area contributed by atoms with Crippen LogP contribution in [0.1, 0.15) is 100 Å². The number of hydrogen-bond donors (Lipinski definition) is 1. The molecule has 42 heavy (non-hydrogen) atoms. The van der Waals surface area contributed by atoms with Crippen LogP contribution in [0.25, 0.3) is 0 Å². The van der Waals surface area contributed by atoms with Crippen molar-refractivity contribution in [2.24, 2.45) is 11.3 Å². The number of carboxylic acids is 1. The molecule has 3 aliphatic carbocycles. The van der Waals surface area contributed by atoms with Crippen LogP contribution in [0.4, 0.5) is 0 Å². The van der Waals surface area contributed by atoms with Gasteiger partial charge in [0.25, 0.3) is 0 Å². The number of fused-ring (bicyclic) bond motifs is 1. The summed E-state index contributed by atoms with van der Waals surface area (Å²) in [5, 5.41) is 9.63. The van der Waals surface area contributed by atoms with Crippen molar-refractivity contribution in [3.63, 3.8) is 0 Å². The zero-order chi connectivity index (χ0) is 31.9. The summed E-state index contributed by atoms with van der Waals surface area (Å²) in [6, 6.07) is 0. The van der Waals surface area contributed by atoms with Gasteiger partial charge in [-0.15, -0.1) is 0 Å². The Morgan fingerprint density at radius 3 is 2.26 bits per heavy atom. The highest BCUT2D eigenvalue weighted by atomic mass is 28.4. The fraction of sp³-hybridized carbons (Fsp3) is 0.743. The van der Waals surface area contributed by atoms with Crippen LogP contribution < -0.4 is 0 Å². The van der Waals surface area contributed by atoms with E-state index in [-0.39, 0.29) is 21.6 Å². The summed E-state index contributed by atoms with van der Waals surface area (Å²) in [7, 11) is -4.54. The second-order valence-corrected chi connectivity index (χ2v) is 25.8. The molecule has 0 aromatic rings. The molecule has 0 aliphatic heterocycles. The Morgan fingerprint density at radius 2 is 1.71 bits per heavy atom. The van der Waals surface area contributed by atoms with E-state index in [1.54, 1.807) is 5.57 Å². The minimum absolute atomic E-state index is 0.0143. The highest BCUT2D eigenvalue weighted by molar-refractivity contribution is 6.74. The molecule has 0 spiro atoms. The molecule has 0 heterocycles. The number of aliphatic carboxylic acids is 1. The van der Waals surface area contributed by atoms with E-state index in [2.05, 4.69) is 106 Å². The van der Waals surface area contributed by atoms with Crippen molar-refractivity contribution in [1.29, 1.82) is 0 Å². The van der Waals surface area contributed by atoms with Crippen LogP contribution >= 0.6 is 0 Å². The molecule has 238 valence electrons. The third-order valence-corrected chi connectivity index (χ3v) is 20.3. The Morgan fingerprint density at radius 1 is 1.10 bits per heavy atom. The number of allylic oxidation sites excluding steroid dienone is 5. The van der Waals surface area contributed by atoms with Gasteiger partial charge in [-0.05, 0) is 90.8 Å². The standard InChI is InChI=1S/C35H60O5Si2/c1-14-28-19-20-29-26(16-15-21-34(28,29)9)17-18-27-22-35(38-24-31(36)37,40-42(12,13)33(6,7)8)23-30(25(27)2)39-41(10,11)32(3,4)5/h17-19,29-30H,2,14-16,20-24H2,1,3-13H3,(H,36,37)/t29?,30-,34-,35?/m1/s1. The maximum atomic E-state index is 11.8. The number of ether oxygens (including phenoxy) is 1. The lowest BCUT2D eigenvalue weighted by atomic mass is 9.64. The van der Waals surface area contributed by atoms with Crippen molar-refractivity contribution < 1.29 is 23.5 Å². The van der Waals surface area contributed by atoms with Crippen LogP contribution in [0.3, 0.4) is 0 Å². The average molecular weight is 617 g/mol. The van der Waals surface area contributed by atoms with Crippen LogP contribution in [0, 0.1) is 11.3 Å². The highest BCUT2D eigenvalue weighted by Gasteiger charge is 2.52. The number of rotatable bonds is 9. The first kappa shape index (κ1) is 35.2. The Balaban J connectivity index is 2.09. The smallest absolute Gasteiger partial charge is 0.329 e. The zero-order valence-corrected chi connectivity index (χ0v) is 30.8. The number of carboxylic acid groups (broad SMARTS) is 1. The summed E-state index contributed by atoms with van der Waals surface area (Å²) in [5.74, 6) is -1.54. The Kier molecular flexibility index (Phi) is 10.3. The van der Waals surface area contributed by atoms with Gasteiger partial charge in [0.15, 0.2) is 22.4 Å². The van der Waals surface area contributed by atoms with E-state index in [0.29, 0.717) is 18.8 Å². The maximum Gasteiger partial charge on any atom is 0.329 e. The highest BCUT2D eigenvalue weighted by Crippen LogP contribution is 2.55.